The topological polar surface area (TPSA) is 20.2 Å². The lowest BCUT2D eigenvalue weighted by Gasteiger charge is -2.37. The van der Waals surface area contributed by atoms with Crippen LogP contribution in [0.5, 0.6) is 0 Å². The Balaban J connectivity index is 1.23. The van der Waals surface area contributed by atoms with Gasteiger partial charge in [0.15, 0.2) is 7.28 Å². The summed E-state index contributed by atoms with van der Waals surface area (Å²) in [4.78, 5) is 2.38. The van der Waals surface area contributed by atoms with Gasteiger partial charge in [-0.05, 0) is 112 Å². The summed E-state index contributed by atoms with van der Waals surface area (Å²) >= 11 is 0. The van der Waals surface area contributed by atoms with E-state index in [-0.39, 0.29) is 5.41 Å². The van der Waals surface area contributed by atoms with Gasteiger partial charge in [-0.25, -0.2) is 0 Å². The summed E-state index contributed by atoms with van der Waals surface area (Å²) in [7, 11) is 0.826. The number of benzene rings is 9. The molecular weight excluding hydrogens is 749 g/mol. The van der Waals surface area contributed by atoms with Crippen molar-refractivity contribution in [2.75, 3.05) is 10.2 Å². The molecule has 10 aromatic rings. The molecule has 0 radical (unpaired) electrons. The monoisotopic (exact) mass is 793 g/mol. The van der Waals surface area contributed by atoms with E-state index in [4.69, 9.17) is 0 Å². The molecule has 1 N–H and O–H groups in total. The number of hydrogen-bond donors (Lipinski definition) is 1. The largest absolute Gasteiger partial charge is 0.355 e. The highest BCUT2D eigenvalue weighted by molar-refractivity contribution is 6.74. The van der Waals surface area contributed by atoms with Crippen LogP contribution in [-0.2, 0) is 5.41 Å². The number of anilines is 5. The number of rotatable bonds is 8. The molecule has 0 saturated carbocycles. The van der Waals surface area contributed by atoms with E-state index >= 15 is 0 Å². The van der Waals surface area contributed by atoms with Gasteiger partial charge in [-0.2, -0.15) is 0 Å². The van der Waals surface area contributed by atoms with E-state index in [1.165, 1.54) is 82.9 Å². The maximum Gasteiger partial charge on any atom is 0.198 e. The highest BCUT2D eigenvalue weighted by atomic mass is 15.1. The fraction of sp³-hybridized carbons (Fsp3) is 0.0690. The molecule has 0 aliphatic carbocycles. The molecule has 1 aromatic heterocycles. The van der Waals surface area contributed by atoms with Crippen LogP contribution >= 0.6 is 0 Å². The highest BCUT2D eigenvalue weighted by Gasteiger charge is 2.40. The molecule has 0 unspecified atom stereocenters. The summed E-state index contributed by atoms with van der Waals surface area (Å²) in [6.45, 7) is 6.96. The lowest BCUT2D eigenvalue weighted by atomic mass is 9.57. The van der Waals surface area contributed by atoms with Crippen molar-refractivity contribution in [2.45, 2.75) is 26.2 Å². The molecule has 0 bridgehead atoms. The Kier molecular flexibility index (Phi) is 8.20. The summed E-state index contributed by atoms with van der Waals surface area (Å²) < 4.78 is 2.66. The van der Waals surface area contributed by atoms with E-state index < -0.39 is 0 Å². The zero-order valence-corrected chi connectivity index (χ0v) is 35.2. The van der Waals surface area contributed by atoms with Crippen LogP contribution in [0.4, 0.5) is 28.4 Å². The van der Waals surface area contributed by atoms with Crippen molar-refractivity contribution in [1.82, 2.24) is 4.57 Å². The molecule has 0 fully saturated rings. The number of aryl methyl sites for hydroxylation is 1. The molecule has 0 atom stereocenters. The smallest absolute Gasteiger partial charge is 0.198 e. The first-order valence-electron chi connectivity index (χ1n) is 21.7. The lowest BCUT2D eigenvalue weighted by molar-refractivity contribution is 0.631. The van der Waals surface area contributed by atoms with Crippen molar-refractivity contribution in [2.24, 2.45) is 0 Å². The van der Waals surface area contributed by atoms with Crippen molar-refractivity contribution in [3.8, 4) is 39.1 Å². The van der Waals surface area contributed by atoms with E-state index in [0.717, 1.165) is 41.3 Å². The van der Waals surface area contributed by atoms with E-state index in [9.17, 15) is 0 Å². The number of hydrogen-bond acceptors (Lipinski definition) is 2. The zero-order chi connectivity index (χ0) is 41.5. The van der Waals surface area contributed by atoms with Crippen molar-refractivity contribution in [3.63, 3.8) is 0 Å². The second kappa shape index (κ2) is 14.0. The third-order valence-corrected chi connectivity index (χ3v) is 13.4. The number of nitrogens with one attached hydrogen (secondary N) is 1. The van der Waals surface area contributed by atoms with E-state index in [1.54, 1.807) is 0 Å². The minimum absolute atomic E-state index is 0.157. The quantitative estimate of drug-likeness (QED) is 0.155. The molecule has 3 nitrogen and oxygen atoms in total. The van der Waals surface area contributed by atoms with Gasteiger partial charge in [-0.3, -0.25) is 0 Å². The third-order valence-electron chi connectivity index (χ3n) is 13.4. The highest BCUT2D eigenvalue weighted by Crippen LogP contribution is 2.51. The summed E-state index contributed by atoms with van der Waals surface area (Å²) in [5, 5.41) is 6.55. The molecule has 3 heterocycles. The minimum Gasteiger partial charge on any atom is -0.355 e. The summed E-state index contributed by atoms with van der Waals surface area (Å²) in [6, 6.07) is 73.6. The second-order valence-electron chi connectivity index (χ2n) is 17.5. The van der Waals surface area contributed by atoms with Gasteiger partial charge in [-0.1, -0.05) is 164 Å². The first-order chi connectivity index (χ1) is 30.4. The van der Waals surface area contributed by atoms with Crippen LogP contribution in [0.2, 0.25) is 0 Å². The van der Waals surface area contributed by atoms with Gasteiger partial charge >= 0.3 is 0 Å². The Morgan fingerprint density at radius 2 is 1.15 bits per heavy atom. The van der Waals surface area contributed by atoms with Gasteiger partial charge < -0.3 is 14.8 Å². The zero-order valence-electron chi connectivity index (χ0n) is 35.2. The number of nitrogens with zero attached hydrogens (tertiary/aromatic N) is 2. The molecule has 62 heavy (non-hydrogen) atoms. The third kappa shape index (κ3) is 5.53. The Bertz CT molecular complexity index is 3330. The Morgan fingerprint density at radius 1 is 0.500 bits per heavy atom. The van der Waals surface area contributed by atoms with Crippen LogP contribution < -0.4 is 21.1 Å². The maximum atomic E-state index is 3.92. The number of aromatic nitrogens is 1. The van der Waals surface area contributed by atoms with Crippen molar-refractivity contribution < 1.29 is 0 Å². The molecule has 0 amide bonds. The molecular formula is C58H44BN3. The predicted molar refractivity (Wildman–Crippen MR) is 265 cm³/mol. The van der Waals surface area contributed by atoms with Crippen LogP contribution in [0.1, 0.15) is 30.5 Å². The van der Waals surface area contributed by atoms with E-state index in [1.807, 2.05) is 0 Å². The normalized spacial score (nSPS) is 13.0. The van der Waals surface area contributed by atoms with Gasteiger partial charge in [0, 0.05) is 61.4 Å². The summed E-state index contributed by atoms with van der Waals surface area (Å²) in [5.41, 5.74) is 23.3. The van der Waals surface area contributed by atoms with Crippen LogP contribution in [0.25, 0.3) is 60.9 Å². The van der Waals surface area contributed by atoms with Gasteiger partial charge in [-0.15, -0.1) is 0 Å². The molecule has 294 valence electrons. The first-order valence-corrected chi connectivity index (χ1v) is 21.7. The molecule has 4 heteroatoms. The Labute approximate surface area is 363 Å². The second-order valence-corrected chi connectivity index (χ2v) is 17.5. The average Bonchev–Trinajstić information content (AvgIpc) is 3.67. The molecule has 2 aliphatic rings. The maximum absolute atomic E-state index is 3.92. The van der Waals surface area contributed by atoms with Gasteiger partial charge in [0.05, 0.1) is 5.52 Å². The average molecular weight is 794 g/mol. The van der Waals surface area contributed by atoms with E-state index in [0.29, 0.717) is 0 Å². The van der Waals surface area contributed by atoms with Crippen LogP contribution in [0.3, 0.4) is 0 Å². The SMILES string of the molecule is Cc1ccc(Nc2ccc(N(c3ccccc3)c3ccccc3)cc2-c2cc(-c3ccccc3-c3ccccc3)c3c4cccc5c4n4c3c2Bc2cccc(c2-4)C5(C)C)cc1. The summed E-state index contributed by atoms with van der Waals surface area (Å²) in [6.07, 6.45) is 0. The van der Waals surface area contributed by atoms with E-state index in [2.05, 4.69) is 236 Å². The Morgan fingerprint density at radius 3 is 1.87 bits per heavy atom. The number of fused-ring (bicyclic) bond motifs is 1. The fourth-order valence-electron chi connectivity index (χ4n) is 10.5. The van der Waals surface area contributed by atoms with Crippen molar-refractivity contribution in [3.05, 3.63) is 217 Å². The van der Waals surface area contributed by atoms with Crippen LogP contribution in [0.15, 0.2) is 200 Å². The lowest BCUT2D eigenvalue weighted by Crippen LogP contribution is -2.41. The minimum atomic E-state index is -0.157. The van der Waals surface area contributed by atoms with Crippen LogP contribution in [0, 0.1) is 6.92 Å². The first kappa shape index (κ1) is 36.3. The van der Waals surface area contributed by atoms with Crippen LogP contribution in [-0.4, -0.2) is 11.8 Å². The fourth-order valence-corrected chi connectivity index (χ4v) is 10.5. The van der Waals surface area contributed by atoms with Gasteiger partial charge in [0.1, 0.15) is 0 Å². The van der Waals surface area contributed by atoms with Gasteiger partial charge in [0.2, 0.25) is 0 Å². The standard InChI is InChI=1S/C58H44BN3/c1-37-29-31-39(32-30-37)60-52-34-33-42(61(40-19-9-5-10-20-40)41-21-11-6-12-22-41)35-46(52)48-36-47(44-24-14-13-23-43(44)38-17-7-4-8-18-38)53-45-25-15-26-49-55(45)62-56-50(58(49,2)3)27-16-28-51(56)59-54(48)57(53)62/h4-36,59-60H,1-3H3. The van der Waals surface area contributed by atoms with Gasteiger partial charge in [0.25, 0.3) is 0 Å². The predicted octanol–water partition coefficient (Wildman–Crippen LogP) is 13.6. The van der Waals surface area contributed by atoms with Crippen molar-refractivity contribution in [1.29, 1.82) is 0 Å². The summed E-state index contributed by atoms with van der Waals surface area (Å²) in [5.74, 6) is 0. The van der Waals surface area contributed by atoms with Crippen molar-refractivity contribution >= 4 is 68.4 Å². The molecule has 12 rings (SSSR count). The molecule has 0 spiro atoms. The Hall–Kier alpha value is -7.56. The molecule has 9 aromatic carbocycles. The molecule has 0 saturated heterocycles. The number of para-hydroxylation sites is 4. The molecule has 2 aliphatic heterocycles.